The summed E-state index contributed by atoms with van der Waals surface area (Å²) in [7, 11) is 0. The fourth-order valence-electron chi connectivity index (χ4n) is 3.63. The highest BCUT2D eigenvalue weighted by atomic mass is 16.5. The number of hydrogen-bond donors (Lipinski definition) is 3. The summed E-state index contributed by atoms with van der Waals surface area (Å²) in [5, 5.41) is 31.4. The fraction of sp³-hybridized carbons (Fsp3) is 0.455. The highest BCUT2D eigenvalue weighted by Gasteiger charge is 2.43. The topological polar surface area (TPSA) is 79.2 Å². The van der Waals surface area contributed by atoms with Crippen LogP contribution in [-0.2, 0) is 22.7 Å². The number of aliphatic hydroxyl groups excluding tert-OH is 3. The smallest absolute Gasteiger partial charge is 0.106 e. The molecular formula is C22H28O5. The van der Waals surface area contributed by atoms with E-state index in [0.717, 1.165) is 11.1 Å². The monoisotopic (exact) mass is 372 g/mol. The van der Waals surface area contributed by atoms with Crippen LogP contribution in [-0.4, -0.2) is 45.8 Å². The van der Waals surface area contributed by atoms with E-state index >= 15 is 0 Å². The first-order valence-corrected chi connectivity index (χ1v) is 9.41. The third-order valence-corrected chi connectivity index (χ3v) is 5.20. The minimum Gasteiger partial charge on any atom is -0.390 e. The summed E-state index contributed by atoms with van der Waals surface area (Å²) in [5.41, 5.74) is 1.99. The molecule has 0 bridgehead atoms. The number of benzene rings is 2. The summed E-state index contributed by atoms with van der Waals surface area (Å²) in [4.78, 5) is 0. The standard InChI is InChI=1S/C22H28O5/c1-15-21(26-13-16-8-4-2-5-9-16)19(24)12-18(23)20(25)22(15)27-14-17-10-6-3-7-11-17/h2-11,15,18-25H,12-14H2,1H3/t15-,18-,19+,20-,21+,22-/m1/s1. The zero-order valence-electron chi connectivity index (χ0n) is 15.5. The average Bonchev–Trinajstić information content (AvgIpc) is 2.76. The van der Waals surface area contributed by atoms with Crippen molar-refractivity contribution in [2.45, 2.75) is 57.1 Å². The van der Waals surface area contributed by atoms with Gasteiger partial charge in [0.1, 0.15) is 6.10 Å². The molecule has 2 aromatic carbocycles. The van der Waals surface area contributed by atoms with Crippen LogP contribution in [0.25, 0.3) is 0 Å². The lowest BCUT2D eigenvalue weighted by Crippen LogP contribution is -2.44. The molecule has 1 fully saturated rings. The van der Waals surface area contributed by atoms with Gasteiger partial charge in [-0.2, -0.15) is 0 Å². The second kappa shape index (κ2) is 9.44. The predicted molar refractivity (Wildman–Crippen MR) is 102 cm³/mol. The Morgan fingerprint density at radius 3 is 1.74 bits per heavy atom. The van der Waals surface area contributed by atoms with Gasteiger partial charge in [-0.05, 0) is 11.1 Å². The van der Waals surface area contributed by atoms with Crippen molar-refractivity contribution in [3.05, 3.63) is 71.8 Å². The zero-order chi connectivity index (χ0) is 19.2. The highest BCUT2D eigenvalue weighted by Crippen LogP contribution is 2.30. The van der Waals surface area contributed by atoms with Gasteiger partial charge in [0.2, 0.25) is 0 Å². The SMILES string of the molecule is C[C@H]1[C@@H](OCc2ccccc2)[C@H](O)[C@H](O)C[C@H](O)[C@H]1OCc1ccccc1. The molecule has 0 radical (unpaired) electrons. The molecule has 6 atom stereocenters. The van der Waals surface area contributed by atoms with Crippen LogP contribution in [0.4, 0.5) is 0 Å². The maximum absolute atomic E-state index is 10.5. The Morgan fingerprint density at radius 1 is 0.741 bits per heavy atom. The maximum atomic E-state index is 10.5. The lowest BCUT2D eigenvalue weighted by molar-refractivity contribution is -0.134. The molecule has 146 valence electrons. The van der Waals surface area contributed by atoms with E-state index in [1.54, 1.807) is 0 Å². The number of rotatable bonds is 6. The summed E-state index contributed by atoms with van der Waals surface area (Å²) in [6, 6.07) is 19.4. The van der Waals surface area contributed by atoms with Crippen molar-refractivity contribution in [2.24, 2.45) is 5.92 Å². The van der Waals surface area contributed by atoms with Gasteiger partial charge in [0.15, 0.2) is 0 Å². The van der Waals surface area contributed by atoms with E-state index in [9.17, 15) is 15.3 Å². The molecule has 1 saturated carbocycles. The Morgan fingerprint density at radius 2 is 1.22 bits per heavy atom. The quantitative estimate of drug-likeness (QED) is 0.678. The van der Waals surface area contributed by atoms with Crippen molar-refractivity contribution < 1.29 is 24.8 Å². The molecule has 0 heterocycles. The molecule has 0 spiro atoms. The van der Waals surface area contributed by atoms with Crippen molar-refractivity contribution in [1.29, 1.82) is 0 Å². The lowest BCUT2D eigenvalue weighted by Gasteiger charge is -2.32. The Hall–Kier alpha value is -1.76. The van der Waals surface area contributed by atoms with Gasteiger partial charge in [-0.1, -0.05) is 67.6 Å². The molecule has 5 heteroatoms. The maximum Gasteiger partial charge on any atom is 0.106 e. The third kappa shape index (κ3) is 5.15. The second-order valence-corrected chi connectivity index (χ2v) is 7.24. The van der Waals surface area contributed by atoms with Gasteiger partial charge < -0.3 is 24.8 Å². The van der Waals surface area contributed by atoms with Crippen LogP contribution in [0.1, 0.15) is 24.5 Å². The van der Waals surface area contributed by atoms with Crippen LogP contribution < -0.4 is 0 Å². The molecule has 1 aliphatic rings. The van der Waals surface area contributed by atoms with Gasteiger partial charge in [-0.25, -0.2) is 0 Å². The molecule has 5 nitrogen and oxygen atoms in total. The minimum absolute atomic E-state index is 0.0517. The van der Waals surface area contributed by atoms with Gasteiger partial charge in [0, 0.05) is 12.3 Å². The molecule has 0 amide bonds. The Labute approximate surface area is 160 Å². The van der Waals surface area contributed by atoms with Gasteiger partial charge in [-0.3, -0.25) is 0 Å². The fourth-order valence-corrected chi connectivity index (χ4v) is 3.63. The first kappa shape index (κ1) is 20.0. The van der Waals surface area contributed by atoms with Crippen LogP contribution in [0.3, 0.4) is 0 Å². The van der Waals surface area contributed by atoms with Crippen molar-refractivity contribution in [3.8, 4) is 0 Å². The highest BCUT2D eigenvalue weighted by molar-refractivity contribution is 5.14. The summed E-state index contributed by atoms with van der Waals surface area (Å²) in [6.45, 7) is 2.56. The van der Waals surface area contributed by atoms with Crippen molar-refractivity contribution in [3.63, 3.8) is 0 Å². The van der Waals surface area contributed by atoms with E-state index in [0.29, 0.717) is 13.2 Å². The zero-order valence-corrected chi connectivity index (χ0v) is 15.5. The van der Waals surface area contributed by atoms with Crippen molar-refractivity contribution in [1.82, 2.24) is 0 Å². The predicted octanol–water partition coefficient (Wildman–Crippen LogP) is 2.28. The number of hydrogen-bond acceptors (Lipinski definition) is 5. The first-order valence-electron chi connectivity index (χ1n) is 9.41. The van der Waals surface area contributed by atoms with Crippen molar-refractivity contribution in [2.75, 3.05) is 0 Å². The minimum atomic E-state index is -1.08. The summed E-state index contributed by atoms with van der Waals surface area (Å²) in [5.74, 6) is -0.292. The number of aliphatic hydroxyl groups is 3. The Bertz CT molecular complexity index is 678. The molecule has 3 N–H and O–H groups in total. The van der Waals surface area contributed by atoms with Crippen LogP contribution in [0.15, 0.2) is 60.7 Å². The van der Waals surface area contributed by atoms with Crippen LogP contribution in [0, 0.1) is 5.92 Å². The van der Waals surface area contributed by atoms with E-state index in [1.165, 1.54) is 0 Å². The molecule has 2 aromatic rings. The number of ether oxygens (including phenoxy) is 2. The van der Waals surface area contributed by atoms with Crippen LogP contribution in [0.2, 0.25) is 0 Å². The lowest BCUT2D eigenvalue weighted by atomic mass is 9.93. The average molecular weight is 372 g/mol. The Kier molecular flexibility index (Phi) is 6.99. The van der Waals surface area contributed by atoms with E-state index in [4.69, 9.17) is 9.47 Å². The molecule has 27 heavy (non-hydrogen) atoms. The molecule has 0 aliphatic heterocycles. The van der Waals surface area contributed by atoms with E-state index in [1.807, 2.05) is 67.6 Å². The summed E-state index contributed by atoms with van der Waals surface area (Å²) in [6.07, 6.45) is -4.15. The van der Waals surface area contributed by atoms with E-state index in [2.05, 4.69) is 0 Å². The van der Waals surface area contributed by atoms with Gasteiger partial charge in [0.05, 0.1) is 37.6 Å². The molecule has 1 aliphatic carbocycles. The summed E-state index contributed by atoms with van der Waals surface area (Å²) < 4.78 is 12.0. The molecule has 0 aromatic heterocycles. The van der Waals surface area contributed by atoms with Crippen LogP contribution in [0.5, 0.6) is 0 Å². The van der Waals surface area contributed by atoms with Crippen molar-refractivity contribution >= 4 is 0 Å². The van der Waals surface area contributed by atoms with E-state index < -0.39 is 30.5 Å². The van der Waals surface area contributed by atoms with Gasteiger partial charge in [-0.15, -0.1) is 0 Å². The van der Waals surface area contributed by atoms with Crippen LogP contribution >= 0.6 is 0 Å². The van der Waals surface area contributed by atoms with Gasteiger partial charge in [0.25, 0.3) is 0 Å². The normalized spacial score (nSPS) is 31.4. The molecule has 0 saturated heterocycles. The molecular weight excluding hydrogens is 344 g/mol. The van der Waals surface area contributed by atoms with E-state index in [-0.39, 0.29) is 12.3 Å². The summed E-state index contributed by atoms with van der Waals surface area (Å²) >= 11 is 0. The largest absolute Gasteiger partial charge is 0.390 e. The molecule has 3 rings (SSSR count). The third-order valence-electron chi connectivity index (χ3n) is 5.20. The van der Waals surface area contributed by atoms with Gasteiger partial charge >= 0.3 is 0 Å². The second-order valence-electron chi connectivity index (χ2n) is 7.24. The molecule has 0 unspecified atom stereocenters. The first-order chi connectivity index (χ1) is 13.1. The Balaban J connectivity index is 1.70.